The van der Waals surface area contributed by atoms with Crippen LogP contribution in [0.15, 0.2) is 83.8 Å². The van der Waals surface area contributed by atoms with Crippen molar-refractivity contribution < 1.29 is 18.0 Å². The predicted molar refractivity (Wildman–Crippen MR) is 151 cm³/mol. The van der Waals surface area contributed by atoms with Crippen LogP contribution in [0.25, 0.3) is 0 Å². The van der Waals surface area contributed by atoms with Crippen LogP contribution in [0.4, 0.5) is 5.69 Å². The van der Waals surface area contributed by atoms with Gasteiger partial charge < -0.3 is 10.2 Å². The van der Waals surface area contributed by atoms with Crippen LogP contribution in [-0.2, 0) is 26.2 Å². The summed E-state index contributed by atoms with van der Waals surface area (Å²) in [5.74, 6) is -0.700. The smallest absolute Gasteiger partial charge is 0.264 e. The number of anilines is 1. The Morgan fingerprint density at radius 2 is 1.45 bits per heavy atom. The number of sulfonamides is 1. The standard InChI is InChI=1S/C30H37N3O4S/c1-5-17-31-30(35)28(6-2)32(21-25-13-9-7-10-14-25)29(34)22-33(26-19-23(3)18-24(4)20-26)38(36,37)27-15-11-8-12-16-27/h7-16,18-20,28H,5-6,17,21-22H2,1-4H3,(H,31,35). The average molecular weight is 536 g/mol. The van der Waals surface area contributed by atoms with Crippen LogP contribution in [-0.4, -0.2) is 44.3 Å². The third-order valence-corrected chi connectivity index (χ3v) is 8.02. The molecule has 7 nitrogen and oxygen atoms in total. The zero-order valence-corrected chi connectivity index (χ0v) is 23.4. The Kier molecular flexibility index (Phi) is 10.1. The minimum atomic E-state index is -4.07. The van der Waals surface area contributed by atoms with E-state index in [4.69, 9.17) is 0 Å². The lowest BCUT2D eigenvalue weighted by Crippen LogP contribution is -2.52. The van der Waals surface area contributed by atoms with Gasteiger partial charge in [0.15, 0.2) is 0 Å². The molecule has 0 spiro atoms. The molecule has 0 heterocycles. The normalized spacial score (nSPS) is 12.0. The van der Waals surface area contributed by atoms with E-state index < -0.39 is 28.5 Å². The summed E-state index contributed by atoms with van der Waals surface area (Å²) < 4.78 is 28.9. The van der Waals surface area contributed by atoms with Gasteiger partial charge in [-0.15, -0.1) is 0 Å². The van der Waals surface area contributed by atoms with Gasteiger partial charge in [0.2, 0.25) is 11.8 Å². The monoisotopic (exact) mass is 535 g/mol. The highest BCUT2D eigenvalue weighted by Crippen LogP contribution is 2.26. The van der Waals surface area contributed by atoms with Crippen molar-refractivity contribution in [3.8, 4) is 0 Å². The molecule has 8 heteroatoms. The van der Waals surface area contributed by atoms with E-state index in [9.17, 15) is 18.0 Å². The molecule has 0 saturated heterocycles. The van der Waals surface area contributed by atoms with Crippen LogP contribution < -0.4 is 9.62 Å². The van der Waals surface area contributed by atoms with E-state index in [0.717, 1.165) is 27.4 Å². The van der Waals surface area contributed by atoms with Gasteiger partial charge >= 0.3 is 0 Å². The highest BCUT2D eigenvalue weighted by molar-refractivity contribution is 7.92. The lowest BCUT2D eigenvalue weighted by Gasteiger charge is -2.33. The quantitative estimate of drug-likeness (QED) is 0.360. The minimum absolute atomic E-state index is 0.0919. The number of hydrogen-bond acceptors (Lipinski definition) is 4. The molecule has 1 unspecified atom stereocenters. The second kappa shape index (κ2) is 13.2. The van der Waals surface area contributed by atoms with Gasteiger partial charge in [-0.1, -0.05) is 68.4 Å². The maximum absolute atomic E-state index is 14.0. The zero-order valence-electron chi connectivity index (χ0n) is 22.6. The van der Waals surface area contributed by atoms with E-state index in [2.05, 4.69) is 5.32 Å². The fraction of sp³-hybridized carbons (Fsp3) is 0.333. The molecule has 3 rings (SSSR count). The van der Waals surface area contributed by atoms with Gasteiger partial charge in [-0.3, -0.25) is 13.9 Å². The number of carbonyl (C=O) groups excluding carboxylic acids is 2. The third kappa shape index (κ3) is 7.22. The van der Waals surface area contributed by atoms with Crippen LogP contribution >= 0.6 is 0 Å². The fourth-order valence-electron chi connectivity index (χ4n) is 4.41. The molecule has 0 aliphatic heterocycles. The molecule has 2 amide bonds. The van der Waals surface area contributed by atoms with Crippen molar-refractivity contribution >= 4 is 27.5 Å². The van der Waals surface area contributed by atoms with Gasteiger partial charge in [-0.25, -0.2) is 8.42 Å². The maximum Gasteiger partial charge on any atom is 0.264 e. The van der Waals surface area contributed by atoms with Crippen molar-refractivity contribution in [1.82, 2.24) is 10.2 Å². The first-order valence-electron chi connectivity index (χ1n) is 12.9. The van der Waals surface area contributed by atoms with E-state index in [1.165, 1.54) is 17.0 Å². The Labute approximate surface area is 226 Å². The second-order valence-electron chi connectivity index (χ2n) is 9.39. The van der Waals surface area contributed by atoms with Crippen molar-refractivity contribution in [2.24, 2.45) is 0 Å². The summed E-state index contributed by atoms with van der Waals surface area (Å²) in [6.07, 6.45) is 1.16. The van der Waals surface area contributed by atoms with Gasteiger partial charge in [0.25, 0.3) is 10.0 Å². The molecule has 3 aromatic rings. The summed E-state index contributed by atoms with van der Waals surface area (Å²) in [5.41, 5.74) is 3.02. The summed E-state index contributed by atoms with van der Waals surface area (Å²) in [6.45, 7) is 7.83. The molecule has 0 aliphatic carbocycles. The fourth-order valence-corrected chi connectivity index (χ4v) is 5.83. The van der Waals surface area contributed by atoms with Crippen LogP contribution in [0, 0.1) is 13.8 Å². The Hall–Kier alpha value is -3.65. The zero-order chi connectivity index (χ0) is 27.7. The van der Waals surface area contributed by atoms with E-state index in [1.807, 2.05) is 64.1 Å². The maximum atomic E-state index is 14.0. The molecule has 0 saturated carbocycles. The lowest BCUT2D eigenvalue weighted by molar-refractivity contribution is -0.140. The van der Waals surface area contributed by atoms with E-state index in [1.54, 1.807) is 30.3 Å². The van der Waals surface area contributed by atoms with Crippen molar-refractivity contribution in [1.29, 1.82) is 0 Å². The third-order valence-electron chi connectivity index (χ3n) is 6.24. The SMILES string of the molecule is CCCNC(=O)C(CC)N(Cc1ccccc1)C(=O)CN(c1cc(C)cc(C)c1)S(=O)(=O)c1ccccc1. The number of aryl methyl sites for hydroxylation is 2. The summed E-state index contributed by atoms with van der Waals surface area (Å²) >= 11 is 0. The first-order chi connectivity index (χ1) is 18.2. The van der Waals surface area contributed by atoms with Crippen LogP contribution in [0.1, 0.15) is 43.4 Å². The van der Waals surface area contributed by atoms with Crippen molar-refractivity contribution in [3.05, 3.63) is 95.6 Å². The molecule has 1 atom stereocenters. The van der Waals surface area contributed by atoms with Crippen molar-refractivity contribution in [2.75, 3.05) is 17.4 Å². The van der Waals surface area contributed by atoms with E-state index in [0.29, 0.717) is 18.7 Å². The molecule has 202 valence electrons. The molecule has 1 N–H and O–H groups in total. The topological polar surface area (TPSA) is 86.8 Å². The summed E-state index contributed by atoms with van der Waals surface area (Å²) in [4.78, 5) is 28.7. The summed E-state index contributed by atoms with van der Waals surface area (Å²) in [5, 5.41) is 2.90. The lowest BCUT2D eigenvalue weighted by atomic mass is 10.1. The Morgan fingerprint density at radius 3 is 2.00 bits per heavy atom. The van der Waals surface area contributed by atoms with E-state index >= 15 is 0 Å². The van der Waals surface area contributed by atoms with Crippen molar-refractivity contribution in [2.45, 2.75) is 58.0 Å². The van der Waals surface area contributed by atoms with Crippen molar-refractivity contribution in [3.63, 3.8) is 0 Å². The number of nitrogens with one attached hydrogen (secondary N) is 1. The average Bonchev–Trinajstić information content (AvgIpc) is 2.90. The van der Waals surface area contributed by atoms with Gasteiger partial charge in [-0.2, -0.15) is 0 Å². The van der Waals surface area contributed by atoms with Gasteiger partial charge in [-0.05, 0) is 67.6 Å². The molecule has 3 aromatic carbocycles. The first kappa shape index (κ1) is 28.9. The number of nitrogens with zero attached hydrogens (tertiary/aromatic N) is 2. The van der Waals surface area contributed by atoms with Gasteiger partial charge in [0, 0.05) is 13.1 Å². The highest BCUT2D eigenvalue weighted by Gasteiger charge is 2.33. The molecule has 0 bridgehead atoms. The number of benzene rings is 3. The molecular weight excluding hydrogens is 498 g/mol. The minimum Gasteiger partial charge on any atom is -0.354 e. The first-order valence-corrected chi connectivity index (χ1v) is 14.4. The molecule has 0 radical (unpaired) electrons. The summed E-state index contributed by atoms with van der Waals surface area (Å²) in [6, 6.07) is 22.2. The van der Waals surface area contributed by atoms with Gasteiger partial charge in [0.1, 0.15) is 12.6 Å². The largest absolute Gasteiger partial charge is 0.354 e. The predicted octanol–water partition coefficient (Wildman–Crippen LogP) is 4.83. The van der Waals surface area contributed by atoms with E-state index in [-0.39, 0.29) is 17.3 Å². The Balaban J connectivity index is 2.06. The number of amides is 2. The molecule has 0 fully saturated rings. The van der Waals surface area contributed by atoms with Gasteiger partial charge in [0.05, 0.1) is 10.6 Å². The molecule has 0 aliphatic rings. The highest BCUT2D eigenvalue weighted by atomic mass is 32.2. The van der Waals surface area contributed by atoms with Crippen LogP contribution in [0.2, 0.25) is 0 Å². The van der Waals surface area contributed by atoms with Crippen LogP contribution in [0.3, 0.4) is 0 Å². The van der Waals surface area contributed by atoms with Crippen LogP contribution in [0.5, 0.6) is 0 Å². The Bertz CT molecular complexity index is 1310. The molecule has 0 aromatic heterocycles. The Morgan fingerprint density at radius 1 is 0.868 bits per heavy atom. The number of rotatable bonds is 12. The number of carbonyl (C=O) groups is 2. The summed E-state index contributed by atoms with van der Waals surface area (Å²) in [7, 11) is -4.07. The second-order valence-corrected chi connectivity index (χ2v) is 11.3. The number of hydrogen-bond donors (Lipinski definition) is 1. The molecular formula is C30H37N3O4S. The molecule has 38 heavy (non-hydrogen) atoms.